The number of nitrogens with zero attached hydrogens (tertiary/aromatic N) is 4. The zero-order valence-corrected chi connectivity index (χ0v) is 17.6. The van der Waals surface area contributed by atoms with Crippen molar-refractivity contribution in [2.45, 2.75) is 26.1 Å². The van der Waals surface area contributed by atoms with Crippen LogP contribution in [0, 0.1) is 5.82 Å². The first-order chi connectivity index (χ1) is 15.5. The molecule has 0 aliphatic rings. The van der Waals surface area contributed by atoms with Gasteiger partial charge in [0.1, 0.15) is 5.82 Å². The lowest BCUT2D eigenvalue weighted by Crippen LogP contribution is -2.38. The van der Waals surface area contributed by atoms with E-state index in [0.717, 1.165) is 0 Å². The van der Waals surface area contributed by atoms with Crippen LogP contribution in [-0.2, 0) is 9.59 Å². The van der Waals surface area contributed by atoms with Crippen molar-refractivity contribution in [3.05, 3.63) is 41.2 Å². The lowest BCUT2D eigenvalue weighted by molar-refractivity contribution is -0.174. The van der Waals surface area contributed by atoms with E-state index < -0.39 is 29.0 Å². The molecule has 3 N–H and O–H groups in total. The number of rotatable bonds is 4. The number of amides is 2. The van der Waals surface area contributed by atoms with Gasteiger partial charge in [-0.3, -0.25) is 19.7 Å². The van der Waals surface area contributed by atoms with Crippen molar-refractivity contribution in [1.82, 2.24) is 29.9 Å². The largest absolute Gasteiger partial charge is 0.471 e. The molecule has 4 rings (SSSR count). The molecule has 172 valence electrons. The highest BCUT2D eigenvalue weighted by atomic mass is 35.5. The molecule has 14 heteroatoms. The Morgan fingerprint density at radius 1 is 1.24 bits per heavy atom. The average Bonchev–Trinajstić information content (AvgIpc) is 3.33. The molecule has 0 bridgehead atoms. The molecular weight excluding hydrogens is 470 g/mol. The number of imidazole rings is 1. The van der Waals surface area contributed by atoms with E-state index in [2.05, 4.69) is 25.5 Å². The van der Waals surface area contributed by atoms with Crippen molar-refractivity contribution in [2.24, 2.45) is 0 Å². The Bertz CT molecular complexity index is 1410. The number of hydrogen-bond acceptors (Lipinski definition) is 5. The van der Waals surface area contributed by atoms with Crippen molar-refractivity contribution in [3.8, 4) is 11.3 Å². The van der Waals surface area contributed by atoms with Gasteiger partial charge in [0.15, 0.2) is 11.5 Å². The Hall–Kier alpha value is -3.74. The first-order valence-electron chi connectivity index (χ1n) is 9.31. The van der Waals surface area contributed by atoms with Crippen molar-refractivity contribution >= 4 is 45.8 Å². The number of halogens is 5. The quantitative estimate of drug-likeness (QED) is 0.382. The van der Waals surface area contributed by atoms with Crippen LogP contribution in [0.1, 0.15) is 25.5 Å². The van der Waals surface area contributed by atoms with Crippen LogP contribution in [0.25, 0.3) is 27.8 Å². The first kappa shape index (κ1) is 22.5. The molecule has 2 amide bonds. The van der Waals surface area contributed by atoms with Crippen LogP contribution in [0.3, 0.4) is 0 Å². The highest BCUT2D eigenvalue weighted by Crippen LogP contribution is 2.40. The van der Waals surface area contributed by atoms with Gasteiger partial charge in [-0.15, -0.1) is 0 Å². The number of hydrogen-bond donors (Lipinski definition) is 3. The molecule has 3 aromatic heterocycles. The van der Waals surface area contributed by atoms with Gasteiger partial charge in [0, 0.05) is 29.6 Å². The molecule has 0 spiro atoms. The third kappa shape index (κ3) is 4.06. The number of benzene rings is 1. The smallest absolute Gasteiger partial charge is 0.342 e. The summed E-state index contributed by atoms with van der Waals surface area (Å²) in [5.74, 6) is -3.30. The summed E-state index contributed by atoms with van der Waals surface area (Å²) in [6.45, 7) is 2.52. The number of carbonyl (C=O) groups is 2. The SMILES string of the molecule is CC(=O)Nc1cn2cc(-c3c(Cl)c(F)c([C@@H](C)NC(=O)C(F)(F)F)c4[nH]ncc34)ncc2n1. The maximum Gasteiger partial charge on any atom is 0.471 e. The Labute approximate surface area is 187 Å². The van der Waals surface area contributed by atoms with Crippen LogP contribution in [0.5, 0.6) is 0 Å². The van der Waals surface area contributed by atoms with Gasteiger partial charge in [0.05, 0.1) is 40.9 Å². The topological polar surface area (TPSA) is 117 Å². The summed E-state index contributed by atoms with van der Waals surface area (Å²) in [5.41, 5.74) is 0.497. The molecular formula is C19H14ClF4N7O2. The first-order valence-corrected chi connectivity index (χ1v) is 9.69. The molecule has 4 aromatic rings. The Kier molecular flexibility index (Phi) is 5.44. The molecule has 0 saturated carbocycles. The van der Waals surface area contributed by atoms with Gasteiger partial charge in [-0.25, -0.2) is 9.37 Å². The van der Waals surface area contributed by atoms with Gasteiger partial charge in [0.2, 0.25) is 5.91 Å². The van der Waals surface area contributed by atoms with Crippen molar-refractivity contribution in [1.29, 1.82) is 0 Å². The van der Waals surface area contributed by atoms with Gasteiger partial charge in [-0.05, 0) is 6.92 Å². The fourth-order valence-corrected chi connectivity index (χ4v) is 3.71. The number of anilines is 1. The molecule has 1 atom stereocenters. The zero-order chi connectivity index (χ0) is 24.1. The number of H-pyrrole nitrogens is 1. The summed E-state index contributed by atoms with van der Waals surface area (Å²) in [6, 6.07) is -1.38. The molecule has 0 saturated heterocycles. The van der Waals surface area contributed by atoms with Crippen LogP contribution >= 0.6 is 11.6 Å². The van der Waals surface area contributed by atoms with Crippen LogP contribution in [0.2, 0.25) is 5.02 Å². The molecule has 33 heavy (non-hydrogen) atoms. The van der Waals surface area contributed by atoms with Gasteiger partial charge in [-0.2, -0.15) is 18.3 Å². The zero-order valence-electron chi connectivity index (χ0n) is 16.9. The van der Waals surface area contributed by atoms with Gasteiger partial charge in [-0.1, -0.05) is 11.6 Å². The summed E-state index contributed by atoms with van der Waals surface area (Å²) < 4.78 is 54.8. The summed E-state index contributed by atoms with van der Waals surface area (Å²) in [7, 11) is 0. The Morgan fingerprint density at radius 3 is 2.64 bits per heavy atom. The second-order valence-corrected chi connectivity index (χ2v) is 7.49. The fourth-order valence-electron chi connectivity index (χ4n) is 3.41. The minimum Gasteiger partial charge on any atom is -0.342 e. The predicted octanol–water partition coefficient (Wildman–Crippen LogP) is 3.76. The maximum absolute atomic E-state index is 15.3. The molecule has 0 aliphatic heterocycles. The highest BCUT2D eigenvalue weighted by molar-refractivity contribution is 6.35. The van der Waals surface area contributed by atoms with Gasteiger partial charge in [0.25, 0.3) is 0 Å². The van der Waals surface area contributed by atoms with E-state index in [1.807, 2.05) is 0 Å². The third-order valence-electron chi connectivity index (χ3n) is 4.77. The molecule has 0 fully saturated rings. The second kappa shape index (κ2) is 7.99. The van der Waals surface area contributed by atoms with Crippen LogP contribution in [0.15, 0.2) is 24.8 Å². The summed E-state index contributed by atoms with van der Waals surface area (Å²) in [5, 5.41) is 10.5. The number of fused-ring (bicyclic) bond motifs is 2. The van der Waals surface area contributed by atoms with Crippen LogP contribution in [0.4, 0.5) is 23.4 Å². The summed E-state index contributed by atoms with van der Waals surface area (Å²) in [4.78, 5) is 31.0. The van der Waals surface area contributed by atoms with E-state index in [-0.39, 0.29) is 39.4 Å². The number of aromatic nitrogens is 5. The molecule has 0 unspecified atom stereocenters. The van der Waals surface area contributed by atoms with Crippen LogP contribution in [-0.4, -0.2) is 42.6 Å². The predicted molar refractivity (Wildman–Crippen MR) is 110 cm³/mol. The van der Waals surface area contributed by atoms with Gasteiger partial charge < -0.3 is 15.0 Å². The molecule has 1 aromatic carbocycles. The van der Waals surface area contributed by atoms with E-state index in [1.54, 1.807) is 5.32 Å². The normalized spacial score (nSPS) is 12.8. The van der Waals surface area contributed by atoms with Crippen molar-refractivity contribution in [3.63, 3.8) is 0 Å². The van der Waals surface area contributed by atoms with E-state index in [4.69, 9.17) is 11.6 Å². The number of aromatic amines is 1. The third-order valence-corrected chi connectivity index (χ3v) is 5.12. The minimum atomic E-state index is -5.14. The summed E-state index contributed by atoms with van der Waals surface area (Å²) in [6.07, 6.45) is 0.570. The van der Waals surface area contributed by atoms with Crippen molar-refractivity contribution < 1.29 is 27.2 Å². The van der Waals surface area contributed by atoms with Crippen molar-refractivity contribution in [2.75, 3.05) is 5.32 Å². The minimum absolute atomic E-state index is 0.0494. The van der Waals surface area contributed by atoms with E-state index in [0.29, 0.717) is 5.65 Å². The standard InChI is InChI=1S/C19H14ClF4N7O2/c1-7(27-18(33)19(22,23)24)13-16(21)15(20)14(9-3-26-30-17(9)13)10-5-31-6-11(28-8(2)32)29-12(31)4-25-10/h3-7H,1-2H3,(H,26,30)(H,27,33)(H,28,32)/t7-/m1/s1. The maximum atomic E-state index is 15.3. The fraction of sp³-hybridized carbons (Fsp3) is 0.211. The monoisotopic (exact) mass is 483 g/mol. The molecule has 9 nitrogen and oxygen atoms in total. The molecule has 0 aliphatic carbocycles. The lowest BCUT2D eigenvalue weighted by Gasteiger charge is -2.19. The highest BCUT2D eigenvalue weighted by Gasteiger charge is 2.40. The summed E-state index contributed by atoms with van der Waals surface area (Å²) >= 11 is 6.29. The Morgan fingerprint density at radius 2 is 1.97 bits per heavy atom. The number of carbonyl (C=O) groups excluding carboxylic acids is 2. The molecule has 0 radical (unpaired) electrons. The number of alkyl halides is 3. The van der Waals surface area contributed by atoms with E-state index in [1.165, 1.54) is 43.0 Å². The van der Waals surface area contributed by atoms with Crippen LogP contribution < -0.4 is 10.6 Å². The number of nitrogens with one attached hydrogen (secondary N) is 3. The van der Waals surface area contributed by atoms with E-state index >= 15 is 4.39 Å². The second-order valence-electron chi connectivity index (χ2n) is 7.11. The Balaban J connectivity index is 1.83. The lowest BCUT2D eigenvalue weighted by atomic mass is 9.98. The van der Waals surface area contributed by atoms with E-state index in [9.17, 15) is 22.8 Å². The molecule has 3 heterocycles. The van der Waals surface area contributed by atoms with Gasteiger partial charge >= 0.3 is 12.1 Å². The average molecular weight is 484 g/mol.